The molecule has 0 heterocycles. The lowest BCUT2D eigenvalue weighted by atomic mass is 10.2. The number of carbonyl (C=O) groups is 1. The lowest BCUT2D eigenvalue weighted by Gasteiger charge is -2.03. The van der Waals surface area contributed by atoms with Crippen LogP contribution in [0.25, 0.3) is 0 Å². The van der Waals surface area contributed by atoms with Crippen molar-refractivity contribution < 1.29 is 9.90 Å². The number of carbonyl (C=O) groups excluding carboxylic acids is 1. The van der Waals surface area contributed by atoms with Crippen molar-refractivity contribution in [2.75, 3.05) is 0 Å². The average molecular weight is 132 g/mol. The minimum Gasteiger partial charge on any atom is -0.393 e. The molecule has 4 nitrogen and oxygen atoms in total. The molecule has 0 aromatic rings. The van der Waals surface area contributed by atoms with Crippen LogP contribution in [0.4, 0.5) is 0 Å². The Bertz CT molecular complexity index is 95.0. The Morgan fingerprint density at radius 2 is 2.44 bits per heavy atom. The summed E-state index contributed by atoms with van der Waals surface area (Å²) in [5.74, 6) is 4.44. The van der Waals surface area contributed by atoms with Crippen LogP contribution in [0, 0.1) is 0 Å². The van der Waals surface area contributed by atoms with Crippen LogP contribution in [0.5, 0.6) is 0 Å². The molecule has 1 atom stereocenters. The molecule has 9 heavy (non-hydrogen) atoms. The largest absolute Gasteiger partial charge is 0.393 e. The fourth-order valence-corrected chi connectivity index (χ4v) is 0.417. The first-order chi connectivity index (χ1) is 4.20. The van der Waals surface area contributed by atoms with E-state index in [0.29, 0.717) is 6.42 Å². The maximum Gasteiger partial charge on any atom is 0.236 e. The van der Waals surface area contributed by atoms with E-state index in [1.54, 1.807) is 6.92 Å². The topological polar surface area (TPSA) is 75.3 Å². The molecule has 0 aromatic heterocycles. The van der Waals surface area contributed by atoms with Crippen molar-refractivity contribution >= 4 is 5.91 Å². The molecule has 0 bridgehead atoms. The van der Waals surface area contributed by atoms with Crippen LogP contribution in [0.15, 0.2) is 0 Å². The molecule has 0 radical (unpaired) electrons. The SMILES string of the molecule is CCC(O)CC(=O)NN. The van der Waals surface area contributed by atoms with Gasteiger partial charge in [0, 0.05) is 0 Å². The van der Waals surface area contributed by atoms with E-state index >= 15 is 0 Å². The number of amides is 1. The van der Waals surface area contributed by atoms with E-state index in [1.807, 2.05) is 5.43 Å². The highest BCUT2D eigenvalue weighted by atomic mass is 16.3. The van der Waals surface area contributed by atoms with Crippen molar-refractivity contribution in [1.82, 2.24) is 5.43 Å². The lowest BCUT2D eigenvalue weighted by molar-refractivity contribution is -0.123. The molecule has 0 rings (SSSR count). The van der Waals surface area contributed by atoms with Gasteiger partial charge in [-0.3, -0.25) is 10.2 Å². The summed E-state index contributed by atoms with van der Waals surface area (Å²) in [5.41, 5.74) is 1.93. The van der Waals surface area contributed by atoms with Gasteiger partial charge in [0.25, 0.3) is 0 Å². The summed E-state index contributed by atoms with van der Waals surface area (Å²) in [6.45, 7) is 1.80. The maximum atomic E-state index is 10.4. The fraction of sp³-hybridized carbons (Fsp3) is 0.800. The Morgan fingerprint density at radius 3 is 2.78 bits per heavy atom. The Hall–Kier alpha value is -0.610. The van der Waals surface area contributed by atoms with Crippen LogP contribution in [0.2, 0.25) is 0 Å². The number of aliphatic hydroxyl groups excluding tert-OH is 1. The minimum absolute atomic E-state index is 0.0903. The van der Waals surface area contributed by atoms with Gasteiger partial charge in [-0.25, -0.2) is 5.84 Å². The summed E-state index contributed by atoms with van der Waals surface area (Å²) >= 11 is 0. The number of nitrogens with one attached hydrogen (secondary N) is 1. The number of hydrazine groups is 1. The highest BCUT2D eigenvalue weighted by molar-refractivity contribution is 5.75. The molecule has 0 aromatic carbocycles. The second kappa shape index (κ2) is 4.29. The van der Waals surface area contributed by atoms with E-state index in [4.69, 9.17) is 10.9 Å². The van der Waals surface area contributed by atoms with Crippen LogP contribution >= 0.6 is 0 Å². The second-order valence-corrected chi connectivity index (χ2v) is 1.83. The first-order valence-electron chi connectivity index (χ1n) is 2.88. The number of rotatable bonds is 3. The molecule has 1 amide bonds. The van der Waals surface area contributed by atoms with Crippen LogP contribution in [0.3, 0.4) is 0 Å². The molecule has 0 spiro atoms. The van der Waals surface area contributed by atoms with E-state index in [9.17, 15) is 4.79 Å². The van der Waals surface area contributed by atoms with Crippen molar-refractivity contribution in [3.8, 4) is 0 Å². The summed E-state index contributed by atoms with van der Waals surface area (Å²) in [7, 11) is 0. The van der Waals surface area contributed by atoms with Gasteiger partial charge in [0.05, 0.1) is 12.5 Å². The van der Waals surface area contributed by atoms with Gasteiger partial charge < -0.3 is 5.11 Å². The van der Waals surface area contributed by atoms with E-state index in [2.05, 4.69) is 0 Å². The van der Waals surface area contributed by atoms with Gasteiger partial charge in [-0.15, -0.1) is 0 Å². The predicted molar refractivity (Wildman–Crippen MR) is 33.2 cm³/mol. The average Bonchev–Trinajstić information content (AvgIpc) is 1.87. The third-order valence-electron chi connectivity index (χ3n) is 1.05. The molecule has 4 N–H and O–H groups in total. The molecule has 0 saturated carbocycles. The third-order valence-corrected chi connectivity index (χ3v) is 1.05. The lowest BCUT2D eigenvalue weighted by Crippen LogP contribution is -2.32. The molecule has 0 aliphatic heterocycles. The zero-order valence-corrected chi connectivity index (χ0v) is 5.42. The quantitative estimate of drug-likeness (QED) is 0.265. The van der Waals surface area contributed by atoms with Crippen molar-refractivity contribution in [1.29, 1.82) is 0 Å². The Balaban J connectivity index is 3.34. The smallest absolute Gasteiger partial charge is 0.236 e. The standard InChI is InChI=1S/C5H12N2O2/c1-2-4(8)3-5(9)7-6/h4,8H,2-3,6H2,1H3,(H,7,9). The molecule has 0 aliphatic carbocycles. The van der Waals surface area contributed by atoms with Crippen LogP contribution in [-0.4, -0.2) is 17.1 Å². The van der Waals surface area contributed by atoms with Crippen LogP contribution in [0.1, 0.15) is 19.8 Å². The number of hydrogen-bond acceptors (Lipinski definition) is 3. The number of aliphatic hydroxyl groups is 1. The first-order valence-corrected chi connectivity index (χ1v) is 2.88. The predicted octanol–water partition coefficient (Wildman–Crippen LogP) is -0.863. The Labute approximate surface area is 54.0 Å². The van der Waals surface area contributed by atoms with Gasteiger partial charge in [0.2, 0.25) is 5.91 Å². The van der Waals surface area contributed by atoms with Crippen molar-refractivity contribution in [2.24, 2.45) is 5.84 Å². The molecule has 54 valence electrons. The second-order valence-electron chi connectivity index (χ2n) is 1.83. The summed E-state index contributed by atoms with van der Waals surface area (Å²) in [6.07, 6.45) is 0.106. The van der Waals surface area contributed by atoms with Crippen molar-refractivity contribution in [2.45, 2.75) is 25.9 Å². The molecule has 0 fully saturated rings. The number of nitrogens with two attached hydrogens (primary N) is 1. The van der Waals surface area contributed by atoms with E-state index < -0.39 is 6.10 Å². The van der Waals surface area contributed by atoms with E-state index in [1.165, 1.54) is 0 Å². The maximum absolute atomic E-state index is 10.4. The first kappa shape index (κ1) is 8.39. The van der Waals surface area contributed by atoms with Crippen LogP contribution in [-0.2, 0) is 4.79 Å². The molecular formula is C5H12N2O2. The molecular weight excluding hydrogens is 120 g/mol. The van der Waals surface area contributed by atoms with E-state index in [0.717, 1.165) is 0 Å². The molecule has 0 saturated heterocycles. The van der Waals surface area contributed by atoms with E-state index in [-0.39, 0.29) is 12.3 Å². The summed E-state index contributed by atoms with van der Waals surface area (Å²) < 4.78 is 0. The van der Waals surface area contributed by atoms with Crippen LogP contribution < -0.4 is 11.3 Å². The van der Waals surface area contributed by atoms with Gasteiger partial charge >= 0.3 is 0 Å². The Morgan fingerprint density at radius 1 is 1.89 bits per heavy atom. The van der Waals surface area contributed by atoms with Gasteiger partial charge in [-0.2, -0.15) is 0 Å². The van der Waals surface area contributed by atoms with Crippen molar-refractivity contribution in [3.63, 3.8) is 0 Å². The summed E-state index contributed by atoms with van der Waals surface area (Å²) in [6, 6.07) is 0. The summed E-state index contributed by atoms with van der Waals surface area (Å²) in [4.78, 5) is 10.4. The zero-order chi connectivity index (χ0) is 7.28. The molecule has 4 heteroatoms. The molecule has 1 unspecified atom stereocenters. The third kappa shape index (κ3) is 3.93. The van der Waals surface area contributed by atoms with Crippen molar-refractivity contribution in [3.05, 3.63) is 0 Å². The monoisotopic (exact) mass is 132 g/mol. The fourth-order valence-electron chi connectivity index (χ4n) is 0.417. The minimum atomic E-state index is -0.562. The van der Waals surface area contributed by atoms with Gasteiger partial charge in [-0.1, -0.05) is 6.92 Å². The Kier molecular flexibility index (Phi) is 4.00. The summed E-state index contributed by atoms with van der Waals surface area (Å²) in [5, 5.41) is 8.84. The van der Waals surface area contributed by atoms with Gasteiger partial charge in [-0.05, 0) is 6.42 Å². The number of hydrogen-bond donors (Lipinski definition) is 3. The van der Waals surface area contributed by atoms with Gasteiger partial charge in [0.1, 0.15) is 0 Å². The van der Waals surface area contributed by atoms with Gasteiger partial charge in [0.15, 0.2) is 0 Å². The molecule has 0 aliphatic rings. The highest BCUT2D eigenvalue weighted by Gasteiger charge is 2.05. The zero-order valence-electron chi connectivity index (χ0n) is 5.42. The normalized spacial score (nSPS) is 12.8. The highest BCUT2D eigenvalue weighted by Crippen LogP contribution is 1.94.